The summed E-state index contributed by atoms with van der Waals surface area (Å²) in [5.41, 5.74) is 0. The highest BCUT2D eigenvalue weighted by Gasteiger charge is 2.31. The Morgan fingerprint density at radius 1 is 0.267 bits per heavy atom. The van der Waals surface area contributed by atoms with Gasteiger partial charge in [-0.15, -0.1) is 0 Å². The van der Waals surface area contributed by atoms with Crippen molar-refractivity contribution < 1.29 is 80.2 Å². The van der Waals surface area contributed by atoms with Crippen LogP contribution in [0.5, 0.6) is 0 Å². The number of carbonyl (C=O) groups excluding carboxylic acids is 4. The van der Waals surface area contributed by atoms with Gasteiger partial charge < -0.3 is 33.8 Å². The molecule has 0 aromatic heterocycles. The number of carbonyl (C=O) groups is 4. The summed E-state index contributed by atoms with van der Waals surface area (Å²) in [7, 11) is -9.93. The first-order valence-corrected chi connectivity index (χ1v) is 47.3. The van der Waals surface area contributed by atoms with Gasteiger partial charge in [0, 0.05) is 25.7 Å². The predicted octanol–water partition coefficient (Wildman–Crippen LogP) is 25.9. The van der Waals surface area contributed by atoms with Crippen molar-refractivity contribution in [3.63, 3.8) is 0 Å². The van der Waals surface area contributed by atoms with Gasteiger partial charge in [0.2, 0.25) is 0 Å². The number of aliphatic hydroxyl groups excluding tert-OH is 1. The summed E-state index contributed by atoms with van der Waals surface area (Å²) in [6.07, 6.45) is 64.0. The number of rotatable bonds is 83. The second-order valence-corrected chi connectivity index (χ2v) is 35.3. The van der Waals surface area contributed by atoms with E-state index in [-0.39, 0.29) is 25.7 Å². The lowest BCUT2D eigenvalue weighted by Gasteiger charge is -2.21. The second kappa shape index (κ2) is 74.8. The molecule has 0 aromatic rings. The molecule has 0 aromatic carbocycles. The molecular formula is C86H168O17P2. The van der Waals surface area contributed by atoms with E-state index in [1.165, 1.54) is 244 Å². The van der Waals surface area contributed by atoms with Crippen LogP contribution in [0, 0.1) is 23.7 Å². The molecule has 105 heavy (non-hydrogen) atoms. The Labute approximate surface area is 645 Å². The number of phosphoric ester groups is 2. The molecule has 7 atom stereocenters. The van der Waals surface area contributed by atoms with Crippen LogP contribution in [0.25, 0.3) is 0 Å². The Hall–Kier alpha value is -1.94. The fraction of sp³-hybridized carbons (Fsp3) is 0.953. The van der Waals surface area contributed by atoms with E-state index in [0.29, 0.717) is 31.6 Å². The molecule has 624 valence electrons. The van der Waals surface area contributed by atoms with E-state index < -0.39 is 97.5 Å². The van der Waals surface area contributed by atoms with Crippen LogP contribution < -0.4 is 0 Å². The van der Waals surface area contributed by atoms with Crippen LogP contribution in [-0.4, -0.2) is 96.7 Å². The van der Waals surface area contributed by atoms with Crippen LogP contribution >= 0.6 is 15.6 Å². The maximum Gasteiger partial charge on any atom is 0.472 e. The van der Waals surface area contributed by atoms with E-state index in [1.54, 1.807) is 0 Å². The lowest BCUT2D eigenvalue weighted by atomic mass is 9.99. The molecule has 0 radical (unpaired) electrons. The van der Waals surface area contributed by atoms with Crippen LogP contribution in [0.3, 0.4) is 0 Å². The van der Waals surface area contributed by atoms with Crippen LogP contribution in [0.15, 0.2) is 0 Å². The monoisotopic (exact) mass is 1540 g/mol. The Bertz CT molecular complexity index is 2050. The first kappa shape index (κ1) is 103. The number of hydrogen-bond donors (Lipinski definition) is 3. The number of ether oxygens (including phenoxy) is 4. The molecule has 17 nitrogen and oxygen atoms in total. The fourth-order valence-electron chi connectivity index (χ4n) is 13.3. The van der Waals surface area contributed by atoms with Crippen molar-refractivity contribution in [3.8, 4) is 0 Å². The van der Waals surface area contributed by atoms with E-state index in [9.17, 15) is 43.2 Å². The average molecular weight is 1540 g/mol. The zero-order valence-corrected chi connectivity index (χ0v) is 71.2. The van der Waals surface area contributed by atoms with Gasteiger partial charge in [-0.05, 0) is 49.4 Å². The predicted molar refractivity (Wildman–Crippen MR) is 432 cm³/mol. The van der Waals surface area contributed by atoms with Crippen molar-refractivity contribution in [2.45, 2.75) is 465 Å². The zero-order chi connectivity index (χ0) is 77.4. The van der Waals surface area contributed by atoms with Crippen LogP contribution in [0.2, 0.25) is 0 Å². The number of unbranched alkanes of at least 4 members (excludes halogenated alkanes) is 47. The summed E-state index contributed by atoms with van der Waals surface area (Å²) >= 11 is 0. The molecule has 0 heterocycles. The minimum absolute atomic E-state index is 0.107. The standard InChI is InChI=1S/C86H168O17P2/c1-9-78(7)64-56-48-40-32-28-24-20-16-12-14-18-22-26-30-34-44-52-60-68-85(90)102-81(72-96-83(88)66-58-50-42-36-35-41-49-57-65-79(8)10-2)74-100-104(92,93)98-70-80(87)71-99-105(94,95)101-75-82(73-97-84(89)67-59-51-45-37-39-47-55-63-77(5)6)103-86(91)69-61-53-43-33-29-25-21-17-13-11-15-19-23-27-31-38-46-54-62-76(3)4/h76-82,87H,9-75H2,1-8H3,(H,92,93)(H,94,95)/t78?,79?,80?,81-,82-/m1/s1. The third kappa shape index (κ3) is 77.2. The molecule has 0 saturated heterocycles. The Kier molecular flexibility index (Phi) is 73.4. The number of hydrogen-bond acceptors (Lipinski definition) is 15. The van der Waals surface area contributed by atoms with Gasteiger partial charge in [0.05, 0.1) is 26.4 Å². The van der Waals surface area contributed by atoms with Crippen molar-refractivity contribution in [3.05, 3.63) is 0 Å². The molecule has 0 aliphatic heterocycles. The highest BCUT2D eigenvalue weighted by atomic mass is 31.2. The molecule has 0 aliphatic rings. The highest BCUT2D eigenvalue weighted by Crippen LogP contribution is 2.45. The van der Waals surface area contributed by atoms with Crippen molar-refractivity contribution in [2.75, 3.05) is 39.6 Å². The minimum Gasteiger partial charge on any atom is -0.462 e. The smallest absolute Gasteiger partial charge is 0.462 e. The third-order valence-corrected chi connectivity index (χ3v) is 22.7. The highest BCUT2D eigenvalue weighted by molar-refractivity contribution is 7.47. The van der Waals surface area contributed by atoms with Crippen molar-refractivity contribution in [2.24, 2.45) is 23.7 Å². The van der Waals surface area contributed by atoms with Gasteiger partial charge in [-0.1, -0.05) is 396 Å². The molecule has 5 unspecified atom stereocenters. The lowest BCUT2D eigenvalue weighted by Crippen LogP contribution is -2.30. The number of esters is 4. The molecule has 0 amide bonds. The quantitative estimate of drug-likeness (QED) is 0.0222. The van der Waals surface area contributed by atoms with Gasteiger partial charge in [0.1, 0.15) is 19.3 Å². The molecule has 0 spiro atoms. The lowest BCUT2D eigenvalue weighted by molar-refractivity contribution is -0.161. The SMILES string of the molecule is CCC(C)CCCCCCCCCCCCCCCCCCCCC(=O)O[C@H](COC(=O)CCCCCCCCCCC(C)CC)COP(=O)(O)OCC(O)COP(=O)(O)OC[C@@H](COC(=O)CCCCCCCCCC(C)C)OC(=O)CCCCCCCCCCCCCCCCCCCCC(C)C. The number of phosphoric acid groups is 2. The molecule has 0 saturated carbocycles. The van der Waals surface area contributed by atoms with E-state index >= 15 is 0 Å². The Morgan fingerprint density at radius 2 is 0.457 bits per heavy atom. The van der Waals surface area contributed by atoms with Gasteiger partial charge in [0.15, 0.2) is 12.2 Å². The average Bonchev–Trinajstić information content (AvgIpc) is 0.909. The Balaban J connectivity index is 5.17. The van der Waals surface area contributed by atoms with E-state index in [1.807, 2.05) is 0 Å². The van der Waals surface area contributed by atoms with Gasteiger partial charge in [-0.3, -0.25) is 37.3 Å². The summed E-state index contributed by atoms with van der Waals surface area (Å²) in [5.74, 6) is 1.06. The van der Waals surface area contributed by atoms with Crippen molar-refractivity contribution in [1.82, 2.24) is 0 Å². The third-order valence-electron chi connectivity index (χ3n) is 20.8. The molecule has 19 heteroatoms. The van der Waals surface area contributed by atoms with E-state index in [2.05, 4.69) is 55.4 Å². The second-order valence-electron chi connectivity index (χ2n) is 32.4. The maximum absolute atomic E-state index is 13.1. The van der Waals surface area contributed by atoms with Crippen LogP contribution in [0.1, 0.15) is 447 Å². The van der Waals surface area contributed by atoms with Crippen LogP contribution in [0.4, 0.5) is 0 Å². The first-order chi connectivity index (χ1) is 50.7. The summed E-state index contributed by atoms with van der Waals surface area (Å²) in [6.45, 7) is 14.3. The summed E-state index contributed by atoms with van der Waals surface area (Å²) in [4.78, 5) is 73.1. The molecule has 0 aliphatic carbocycles. The topological polar surface area (TPSA) is 237 Å². The summed E-state index contributed by atoms with van der Waals surface area (Å²) in [5, 5.41) is 10.7. The minimum atomic E-state index is -4.96. The van der Waals surface area contributed by atoms with Crippen molar-refractivity contribution in [1.29, 1.82) is 0 Å². The largest absolute Gasteiger partial charge is 0.472 e. The van der Waals surface area contributed by atoms with Crippen molar-refractivity contribution >= 4 is 39.5 Å². The van der Waals surface area contributed by atoms with E-state index in [0.717, 1.165) is 114 Å². The molecule has 0 rings (SSSR count). The van der Waals surface area contributed by atoms with Crippen LogP contribution in [-0.2, 0) is 65.4 Å². The fourth-order valence-corrected chi connectivity index (χ4v) is 14.8. The molecule has 3 N–H and O–H groups in total. The summed E-state index contributed by atoms with van der Waals surface area (Å²) < 4.78 is 68.8. The van der Waals surface area contributed by atoms with Gasteiger partial charge >= 0.3 is 39.5 Å². The molecule has 0 fully saturated rings. The summed E-state index contributed by atoms with van der Waals surface area (Å²) in [6, 6.07) is 0. The van der Waals surface area contributed by atoms with Gasteiger partial charge in [-0.2, -0.15) is 0 Å². The maximum atomic E-state index is 13.1. The van der Waals surface area contributed by atoms with Gasteiger partial charge in [0.25, 0.3) is 0 Å². The molecule has 0 bridgehead atoms. The first-order valence-electron chi connectivity index (χ1n) is 44.3. The zero-order valence-electron chi connectivity index (χ0n) is 69.4. The molecular weight excluding hydrogens is 1370 g/mol. The van der Waals surface area contributed by atoms with Gasteiger partial charge in [-0.25, -0.2) is 9.13 Å². The Morgan fingerprint density at radius 3 is 0.676 bits per heavy atom. The number of aliphatic hydroxyl groups is 1. The normalized spacial score (nSPS) is 14.4. The van der Waals surface area contributed by atoms with E-state index in [4.69, 9.17) is 37.0 Å².